The fraction of sp³-hybridized carbons (Fsp3) is 0.667. The topological polar surface area (TPSA) is 12.4 Å². The predicted molar refractivity (Wildman–Crippen MR) is 84.2 cm³/mol. The van der Waals surface area contributed by atoms with Gasteiger partial charge in [-0.15, -0.1) is 9.24 Å². The molecule has 1 nitrogen and oxygen atoms in total. The van der Waals surface area contributed by atoms with Gasteiger partial charge in [0, 0.05) is 7.05 Å². The van der Waals surface area contributed by atoms with Crippen LogP contribution in [0.3, 0.4) is 0 Å². The van der Waals surface area contributed by atoms with Crippen molar-refractivity contribution < 1.29 is 0 Å². The van der Waals surface area contributed by atoms with Gasteiger partial charge in [0.1, 0.15) is 0 Å². The van der Waals surface area contributed by atoms with E-state index in [9.17, 15) is 0 Å². The van der Waals surface area contributed by atoms with Crippen molar-refractivity contribution in [3.8, 4) is 0 Å². The molecule has 2 heteroatoms. The Balaban J connectivity index is 4.96. The van der Waals surface area contributed by atoms with Crippen LogP contribution in [0.5, 0.6) is 0 Å². The summed E-state index contributed by atoms with van der Waals surface area (Å²) in [4.78, 5) is 4.43. The van der Waals surface area contributed by atoms with Crippen molar-refractivity contribution in [1.29, 1.82) is 0 Å². The molecule has 0 fully saturated rings. The Kier molecular flexibility index (Phi) is 8.43. The van der Waals surface area contributed by atoms with E-state index in [0.717, 1.165) is 18.6 Å². The largest absolute Gasteiger partial charge is 0.288 e. The van der Waals surface area contributed by atoms with Gasteiger partial charge in [0.25, 0.3) is 0 Å². The maximum Gasteiger partial charge on any atom is 0.0625 e. The zero-order valence-electron chi connectivity index (χ0n) is 12.1. The molecule has 0 heterocycles. The van der Waals surface area contributed by atoms with Gasteiger partial charge in [-0.2, -0.15) is 0 Å². The van der Waals surface area contributed by atoms with Crippen molar-refractivity contribution in [2.75, 3.05) is 7.05 Å². The number of unbranched alkanes of at least 4 members (excludes halogenated alkanes) is 1. The van der Waals surface area contributed by atoms with E-state index in [4.69, 9.17) is 0 Å². The van der Waals surface area contributed by atoms with Gasteiger partial charge in [0.2, 0.25) is 0 Å². The second-order valence-corrected chi connectivity index (χ2v) is 5.41. The lowest BCUT2D eigenvalue weighted by atomic mass is 9.95. The summed E-state index contributed by atoms with van der Waals surface area (Å²) in [7, 11) is 4.78. The third-order valence-electron chi connectivity index (χ3n) is 3.33. The van der Waals surface area contributed by atoms with Crippen molar-refractivity contribution >= 4 is 15.0 Å². The first-order chi connectivity index (χ1) is 7.99. The van der Waals surface area contributed by atoms with E-state index in [-0.39, 0.29) is 0 Å². The van der Waals surface area contributed by atoms with Crippen LogP contribution < -0.4 is 0 Å². The molecule has 2 unspecified atom stereocenters. The highest BCUT2D eigenvalue weighted by Gasteiger charge is 2.12. The molecule has 2 atom stereocenters. The van der Waals surface area contributed by atoms with Gasteiger partial charge < -0.3 is 0 Å². The molecule has 0 aliphatic rings. The van der Waals surface area contributed by atoms with E-state index in [0.29, 0.717) is 5.66 Å². The van der Waals surface area contributed by atoms with Crippen LogP contribution in [0.15, 0.2) is 28.3 Å². The third-order valence-corrected chi connectivity index (χ3v) is 4.30. The molecule has 0 rings (SSSR count). The summed E-state index contributed by atoms with van der Waals surface area (Å²) in [6.07, 6.45) is 4.61. The van der Waals surface area contributed by atoms with Crippen molar-refractivity contribution in [2.45, 2.75) is 59.0 Å². The lowest BCUT2D eigenvalue weighted by molar-refractivity contribution is 0.803. The van der Waals surface area contributed by atoms with Gasteiger partial charge in [0.15, 0.2) is 0 Å². The lowest BCUT2D eigenvalue weighted by Gasteiger charge is -2.16. The van der Waals surface area contributed by atoms with E-state index < -0.39 is 0 Å². The Labute approximate surface area is 110 Å². The summed E-state index contributed by atoms with van der Waals surface area (Å²) in [5.41, 5.74) is 5.55. The van der Waals surface area contributed by atoms with Crippen molar-refractivity contribution in [3.63, 3.8) is 0 Å². The first-order valence-corrected chi connectivity index (χ1v) is 7.24. The van der Waals surface area contributed by atoms with E-state index >= 15 is 0 Å². The molecular weight excluding hydrogens is 225 g/mol. The SMILES string of the molecule is C=C(CCCC)C(=NC)/C(C)=C(\C)C(P)CC. The number of hydrogen-bond donors (Lipinski definition) is 0. The first kappa shape index (κ1) is 16.6. The highest BCUT2D eigenvalue weighted by atomic mass is 31.0. The van der Waals surface area contributed by atoms with E-state index in [1.54, 1.807) is 0 Å². The minimum absolute atomic E-state index is 0.547. The summed E-state index contributed by atoms with van der Waals surface area (Å²) < 4.78 is 0. The van der Waals surface area contributed by atoms with E-state index in [1.807, 2.05) is 7.05 Å². The second kappa shape index (κ2) is 8.64. The molecule has 0 spiro atoms. The minimum atomic E-state index is 0.547. The second-order valence-electron chi connectivity index (χ2n) is 4.60. The smallest absolute Gasteiger partial charge is 0.0625 e. The van der Waals surface area contributed by atoms with Gasteiger partial charge in [-0.05, 0) is 49.9 Å². The molecule has 17 heavy (non-hydrogen) atoms. The molecular formula is C15H28NP. The van der Waals surface area contributed by atoms with Crippen LogP contribution in [0, 0.1) is 0 Å². The standard InChI is InChI=1S/C15H28NP/c1-7-9-10-11(3)15(16-6)13(5)12(4)14(17)8-2/h14H,3,7-10,17H2,1-2,4-6H3/b13-12+,16-15?. The average molecular weight is 253 g/mol. The molecule has 0 bridgehead atoms. The van der Waals surface area contributed by atoms with Crippen LogP contribution >= 0.6 is 9.24 Å². The maximum atomic E-state index is 4.43. The molecule has 0 aromatic heterocycles. The Hall–Kier alpha value is -0.420. The van der Waals surface area contributed by atoms with E-state index in [1.165, 1.54) is 29.6 Å². The van der Waals surface area contributed by atoms with E-state index in [2.05, 4.69) is 48.5 Å². The third kappa shape index (κ3) is 5.17. The van der Waals surface area contributed by atoms with Crippen LogP contribution in [0.2, 0.25) is 0 Å². The van der Waals surface area contributed by atoms with Crippen LogP contribution in [-0.4, -0.2) is 18.4 Å². The molecule has 0 N–H and O–H groups in total. The van der Waals surface area contributed by atoms with Gasteiger partial charge in [-0.1, -0.05) is 32.4 Å². The summed E-state index contributed by atoms with van der Waals surface area (Å²) in [6, 6.07) is 0. The number of nitrogens with zero attached hydrogens (tertiary/aromatic N) is 1. The number of hydrogen-bond acceptors (Lipinski definition) is 1. The predicted octanol–water partition coefficient (Wildman–Crippen LogP) is 4.79. The lowest BCUT2D eigenvalue weighted by Crippen LogP contribution is -2.10. The summed E-state index contributed by atoms with van der Waals surface area (Å²) in [5.74, 6) is 0. The Bertz CT molecular complexity index is 313. The Morgan fingerprint density at radius 3 is 2.29 bits per heavy atom. The molecule has 0 saturated carbocycles. The van der Waals surface area contributed by atoms with Gasteiger partial charge in [-0.25, -0.2) is 0 Å². The molecule has 0 aliphatic heterocycles. The zero-order chi connectivity index (χ0) is 13.4. The monoisotopic (exact) mass is 253 g/mol. The van der Waals surface area contributed by atoms with Crippen LogP contribution in [-0.2, 0) is 0 Å². The summed E-state index contributed by atoms with van der Waals surface area (Å²) >= 11 is 0. The molecule has 0 aliphatic carbocycles. The van der Waals surface area contributed by atoms with Crippen LogP contribution in [0.4, 0.5) is 0 Å². The summed E-state index contributed by atoms with van der Waals surface area (Å²) in [5, 5.41) is 0. The van der Waals surface area contributed by atoms with Gasteiger partial charge >= 0.3 is 0 Å². The fourth-order valence-electron chi connectivity index (χ4n) is 1.87. The number of aliphatic imine (C=N–C) groups is 1. The summed E-state index contributed by atoms with van der Waals surface area (Å²) in [6.45, 7) is 13.0. The van der Waals surface area contributed by atoms with Crippen LogP contribution in [0.1, 0.15) is 53.4 Å². The molecule has 0 amide bonds. The minimum Gasteiger partial charge on any atom is -0.288 e. The molecule has 0 radical (unpaired) electrons. The zero-order valence-corrected chi connectivity index (χ0v) is 13.3. The van der Waals surface area contributed by atoms with Crippen LogP contribution in [0.25, 0.3) is 0 Å². The quantitative estimate of drug-likeness (QED) is 0.457. The van der Waals surface area contributed by atoms with Gasteiger partial charge in [-0.3, -0.25) is 4.99 Å². The normalized spacial score (nSPS) is 15.5. The number of rotatable bonds is 7. The molecule has 0 aromatic carbocycles. The van der Waals surface area contributed by atoms with Crippen molar-refractivity contribution in [1.82, 2.24) is 0 Å². The van der Waals surface area contributed by atoms with Crippen molar-refractivity contribution in [3.05, 3.63) is 23.3 Å². The first-order valence-electron chi connectivity index (χ1n) is 6.57. The molecule has 0 saturated heterocycles. The highest BCUT2D eigenvalue weighted by molar-refractivity contribution is 7.18. The molecule has 0 aromatic rings. The Morgan fingerprint density at radius 1 is 1.29 bits per heavy atom. The Morgan fingerprint density at radius 2 is 1.88 bits per heavy atom. The fourth-order valence-corrected chi connectivity index (χ4v) is 2.12. The molecule has 98 valence electrons. The maximum absolute atomic E-state index is 4.43. The number of allylic oxidation sites excluding steroid dienone is 3. The van der Waals surface area contributed by atoms with Gasteiger partial charge in [0.05, 0.1) is 5.71 Å². The average Bonchev–Trinajstić information content (AvgIpc) is 2.34. The van der Waals surface area contributed by atoms with Crippen molar-refractivity contribution in [2.24, 2.45) is 4.99 Å². The highest BCUT2D eigenvalue weighted by Crippen LogP contribution is 2.23.